The Balaban J connectivity index is 2.66. The van der Waals surface area contributed by atoms with Gasteiger partial charge in [-0.2, -0.15) is 13.2 Å². The highest BCUT2D eigenvalue weighted by atomic mass is 35.5. The molecule has 0 spiro atoms. The van der Waals surface area contributed by atoms with Gasteiger partial charge in [-0.05, 0) is 24.3 Å². The Kier molecular flexibility index (Phi) is 4.77. The van der Waals surface area contributed by atoms with Gasteiger partial charge in [-0.25, -0.2) is 13.2 Å². The van der Waals surface area contributed by atoms with Crippen LogP contribution >= 0.6 is 11.6 Å². The number of aromatic carboxylic acids is 1. The van der Waals surface area contributed by atoms with Crippen LogP contribution in [0.25, 0.3) is 0 Å². The molecule has 2 aromatic rings. The van der Waals surface area contributed by atoms with Crippen LogP contribution in [0.3, 0.4) is 0 Å². The number of alkyl halides is 3. The summed E-state index contributed by atoms with van der Waals surface area (Å²) in [7, 11) is -4.69. The van der Waals surface area contributed by atoms with Gasteiger partial charge in [-0.3, -0.25) is 4.72 Å². The number of hydrogen-bond donors (Lipinski definition) is 2. The van der Waals surface area contributed by atoms with Gasteiger partial charge < -0.3 is 5.11 Å². The summed E-state index contributed by atoms with van der Waals surface area (Å²) in [5.41, 5.74) is -2.28. The molecule has 0 fully saturated rings. The number of hydrogen-bond acceptors (Lipinski definition) is 3. The zero-order valence-corrected chi connectivity index (χ0v) is 13.2. The Hall–Kier alpha value is -2.26. The van der Waals surface area contributed by atoms with Crippen molar-refractivity contribution in [1.29, 1.82) is 0 Å². The minimum Gasteiger partial charge on any atom is -0.478 e. The Labute approximate surface area is 139 Å². The first-order chi connectivity index (χ1) is 11.0. The van der Waals surface area contributed by atoms with Crippen LogP contribution in [-0.4, -0.2) is 19.5 Å². The molecule has 0 saturated carbocycles. The second kappa shape index (κ2) is 6.33. The number of halogens is 4. The van der Waals surface area contributed by atoms with Gasteiger partial charge in [0.15, 0.2) is 0 Å². The van der Waals surface area contributed by atoms with Crippen LogP contribution < -0.4 is 4.72 Å². The van der Waals surface area contributed by atoms with Gasteiger partial charge in [0, 0.05) is 5.69 Å². The lowest BCUT2D eigenvalue weighted by atomic mass is 10.1. The third kappa shape index (κ3) is 3.80. The van der Waals surface area contributed by atoms with Crippen molar-refractivity contribution in [3.05, 3.63) is 58.6 Å². The molecule has 0 unspecified atom stereocenters. The molecule has 0 amide bonds. The smallest absolute Gasteiger partial charge is 0.417 e. The Morgan fingerprint density at radius 3 is 2.21 bits per heavy atom. The van der Waals surface area contributed by atoms with Crippen LogP contribution in [-0.2, 0) is 16.2 Å². The van der Waals surface area contributed by atoms with E-state index in [0.29, 0.717) is 6.07 Å². The number of anilines is 1. The van der Waals surface area contributed by atoms with Crippen LogP contribution in [0.5, 0.6) is 0 Å². The largest absolute Gasteiger partial charge is 0.478 e. The van der Waals surface area contributed by atoms with Gasteiger partial charge in [0.1, 0.15) is 4.90 Å². The summed E-state index contributed by atoms with van der Waals surface area (Å²) in [6, 6.07) is 7.88. The SMILES string of the molecule is O=C(O)c1cc(S(=O)(=O)Nc2ccccc2)c(C(F)(F)F)cc1Cl. The lowest BCUT2D eigenvalue weighted by molar-refractivity contribution is -0.139. The number of nitrogens with one attached hydrogen (secondary N) is 1. The number of benzene rings is 2. The second-order valence-electron chi connectivity index (χ2n) is 4.60. The summed E-state index contributed by atoms with van der Waals surface area (Å²) in [5.74, 6) is -1.65. The highest BCUT2D eigenvalue weighted by molar-refractivity contribution is 7.92. The number of rotatable bonds is 4. The molecule has 0 aromatic heterocycles. The van der Waals surface area contributed by atoms with E-state index in [1.165, 1.54) is 24.3 Å². The summed E-state index contributed by atoms with van der Waals surface area (Å²) in [5, 5.41) is 8.24. The second-order valence-corrected chi connectivity index (χ2v) is 6.66. The number of carboxylic acid groups (broad SMARTS) is 1. The predicted octanol–water partition coefficient (Wildman–Crippen LogP) is 3.86. The van der Waals surface area contributed by atoms with Crippen LogP contribution in [0.1, 0.15) is 15.9 Å². The van der Waals surface area contributed by atoms with E-state index in [-0.39, 0.29) is 11.8 Å². The van der Waals surface area contributed by atoms with Crippen LogP contribution in [0, 0.1) is 0 Å². The zero-order valence-electron chi connectivity index (χ0n) is 11.6. The van der Waals surface area contributed by atoms with E-state index >= 15 is 0 Å². The number of carbonyl (C=O) groups is 1. The Morgan fingerprint density at radius 2 is 1.71 bits per heavy atom. The van der Waals surface area contributed by atoms with E-state index in [0.717, 1.165) is 0 Å². The van der Waals surface area contributed by atoms with Crippen molar-refractivity contribution in [3.63, 3.8) is 0 Å². The molecular weight excluding hydrogens is 371 g/mol. The topological polar surface area (TPSA) is 83.5 Å². The van der Waals surface area contributed by atoms with E-state index in [1.807, 2.05) is 4.72 Å². The lowest BCUT2D eigenvalue weighted by Gasteiger charge is -2.16. The molecule has 2 aromatic carbocycles. The summed E-state index contributed by atoms with van der Waals surface area (Å²) < 4.78 is 66.0. The molecule has 0 aliphatic carbocycles. The molecule has 0 saturated heterocycles. The molecule has 2 N–H and O–H groups in total. The first kappa shape index (κ1) is 18.1. The van der Waals surface area contributed by atoms with E-state index in [2.05, 4.69) is 0 Å². The van der Waals surface area contributed by atoms with Crippen molar-refractivity contribution >= 4 is 33.3 Å². The van der Waals surface area contributed by atoms with Gasteiger partial charge >= 0.3 is 12.1 Å². The van der Waals surface area contributed by atoms with E-state index in [1.54, 1.807) is 6.07 Å². The molecule has 10 heteroatoms. The minimum atomic E-state index is -5.04. The molecular formula is C14H9ClF3NO4S. The maximum absolute atomic E-state index is 13.1. The van der Waals surface area contributed by atoms with Crippen LogP contribution in [0.15, 0.2) is 47.4 Å². The zero-order chi connectivity index (χ0) is 18.1. The van der Waals surface area contributed by atoms with Crippen LogP contribution in [0.4, 0.5) is 18.9 Å². The van der Waals surface area contributed by atoms with Gasteiger partial charge in [-0.15, -0.1) is 0 Å². The molecule has 2 rings (SSSR count). The van der Waals surface area contributed by atoms with Crippen molar-refractivity contribution < 1.29 is 31.5 Å². The van der Waals surface area contributed by atoms with Crippen molar-refractivity contribution in [2.45, 2.75) is 11.1 Å². The third-order valence-electron chi connectivity index (χ3n) is 2.92. The summed E-state index contributed by atoms with van der Waals surface area (Å²) >= 11 is 5.52. The molecule has 0 aliphatic rings. The van der Waals surface area contributed by atoms with Crippen molar-refractivity contribution in [1.82, 2.24) is 0 Å². The quantitative estimate of drug-likeness (QED) is 0.845. The fourth-order valence-electron chi connectivity index (χ4n) is 1.88. The van der Waals surface area contributed by atoms with Crippen molar-refractivity contribution in [2.75, 3.05) is 4.72 Å². The molecule has 5 nitrogen and oxygen atoms in total. The summed E-state index contributed by atoms with van der Waals surface area (Å²) in [4.78, 5) is 9.82. The number of sulfonamides is 1. The van der Waals surface area contributed by atoms with Gasteiger partial charge in [-0.1, -0.05) is 29.8 Å². The lowest BCUT2D eigenvalue weighted by Crippen LogP contribution is -2.20. The fraction of sp³-hybridized carbons (Fsp3) is 0.0714. The van der Waals surface area contributed by atoms with E-state index in [9.17, 15) is 26.4 Å². The summed E-state index contributed by atoms with van der Waals surface area (Å²) in [6.45, 7) is 0. The maximum Gasteiger partial charge on any atom is 0.417 e. The number of para-hydroxylation sites is 1. The molecule has 24 heavy (non-hydrogen) atoms. The third-order valence-corrected chi connectivity index (χ3v) is 4.65. The van der Waals surface area contributed by atoms with Crippen molar-refractivity contribution in [2.24, 2.45) is 0 Å². The maximum atomic E-state index is 13.1. The normalized spacial score (nSPS) is 12.0. The standard InChI is InChI=1S/C14H9ClF3NO4S/c15-11-7-10(14(16,17)18)12(6-9(11)13(20)21)24(22,23)19-8-4-2-1-3-5-8/h1-7,19H,(H,20,21). The fourth-order valence-corrected chi connectivity index (χ4v) is 3.42. The first-order valence-corrected chi connectivity index (χ1v) is 8.10. The van der Waals surface area contributed by atoms with Crippen LogP contribution in [0.2, 0.25) is 5.02 Å². The van der Waals surface area contributed by atoms with Crippen molar-refractivity contribution in [3.8, 4) is 0 Å². The van der Waals surface area contributed by atoms with E-state index < -0.39 is 43.2 Å². The first-order valence-electron chi connectivity index (χ1n) is 6.24. The van der Waals surface area contributed by atoms with Gasteiger partial charge in [0.25, 0.3) is 10.0 Å². The average Bonchev–Trinajstić information content (AvgIpc) is 2.46. The summed E-state index contributed by atoms with van der Waals surface area (Å²) in [6.07, 6.45) is -5.04. The molecule has 128 valence electrons. The highest BCUT2D eigenvalue weighted by Gasteiger charge is 2.38. The Bertz CT molecular complexity index is 883. The average molecular weight is 380 g/mol. The van der Waals surface area contributed by atoms with Gasteiger partial charge in [0.05, 0.1) is 16.1 Å². The van der Waals surface area contributed by atoms with E-state index in [4.69, 9.17) is 16.7 Å². The predicted molar refractivity (Wildman–Crippen MR) is 80.7 cm³/mol. The number of carboxylic acids is 1. The molecule has 0 heterocycles. The molecule has 0 bridgehead atoms. The molecule has 0 aliphatic heterocycles. The Morgan fingerprint density at radius 1 is 1.12 bits per heavy atom. The highest BCUT2D eigenvalue weighted by Crippen LogP contribution is 2.37. The molecule has 0 atom stereocenters. The monoisotopic (exact) mass is 379 g/mol. The van der Waals surface area contributed by atoms with Gasteiger partial charge in [0.2, 0.25) is 0 Å². The minimum absolute atomic E-state index is 0.0254. The molecule has 0 radical (unpaired) electrons.